The van der Waals surface area contributed by atoms with Gasteiger partial charge in [-0.05, 0) is 6.26 Å². The van der Waals surface area contributed by atoms with Gasteiger partial charge in [0.15, 0.2) is 6.45 Å². The van der Waals surface area contributed by atoms with Crippen LogP contribution in [0.1, 0.15) is 0 Å². The van der Waals surface area contributed by atoms with Crippen molar-refractivity contribution in [3.63, 3.8) is 0 Å². The highest BCUT2D eigenvalue weighted by molar-refractivity contribution is 8.86. The lowest BCUT2D eigenvalue weighted by Gasteiger charge is -1.91. The summed E-state index contributed by atoms with van der Waals surface area (Å²) in [5.74, 6) is 0. The second-order valence-corrected chi connectivity index (χ2v) is 5.44. The Morgan fingerprint density at radius 3 is 2.27 bits per heavy atom. The fraction of sp³-hybridized carbons (Fsp3) is 1.00. The van der Waals surface area contributed by atoms with Crippen LogP contribution in [0, 0.1) is 0 Å². The Kier molecular flexibility index (Phi) is 12.5. The van der Waals surface area contributed by atoms with Gasteiger partial charge in [0, 0.05) is 35.3 Å². The van der Waals surface area contributed by atoms with E-state index in [0.29, 0.717) is 0 Å². The Labute approximate surface area is 84.2 Å². The van der Waals surface area contributed by atoms with Crippen molar-refractivity contribution >= 4 is 78.0 Å². The minimum atomic E-state index is 1.34. The van der Waals surface area contributed by atoms with Gasteiger partial charge in [0.2, 0.25) is 0 Å². The monoisotopic (exact) mass is 176 g/mol. The molecule has 0 aliphatic carbocycles. The maximum absolute atomic E-state index is 2.27. The molecule has 0 saturated heterocycles. The molecule has 0 rings (SSSR count). The fourth-order valence-electron chi connectivity index (χ4n) is 1.02. The number of rotatable bonds is 8. The first-order valence-electron chi connectivity index (χ1n) is 4.57. The first kappa shape index (κ1) is 12.2. The average Bonchev–Trinajstić information content (AvgIpc) is 2.03. The first-order chi connectivity index (χ1) is 5.41. The summed E-state index contributed by atoms with van der Waals surface area (Å²) in [7, 11) is 14.7. The van der Waals surface area contributed by atoms with E-state index >= 15 is 0 Å². The van der Waals surface area contributed by atoms with Crippen LogP contribution in [0.5, 0.6) is 0 Å². The lowest BCUT2D eigenvalue weighted by molar-refractivity contribution is 2.55. The summed E-state index contributed by atoms with van der Waals surface area (Å²) < 4.78 is 0. The van der Waals surface area contributed by atoms with E-state index in [-0.39, 0.29) is 0 Å². The van der Waals surface area contributed by atoms with Crippen molar-refractivity contribution in [2.45, 2.75) is 0 Å². The molecule has 0 aliphatic rings. The molecule has 0 aromatic carbocycles. The van der Waals surface area contributed by atoms with Gasteiger partial charge in [-0.3, -0.25) is 0 Å². The SMILES string of the molecule is BBBBBBBBSSC. The van der Waals surface area contributed by atoms with Crippen LogP contribution >= 0.6 is 21.4 Å². The lowest BCUT2D eigenvalue weighted by atomic mass is 8.93. The molecule has 0 fully saturated rings. The maximum Gasteiger partial charge on any atom is 0.161 e. The van der Waals surface area contributed by atoms with Gasteiger partial charge < -0.3 is 0 Å². The lowest BCUT2D eigenvalue weighted by Crippen LogP contribution is -2.27. The normalized spacial score (nSPS) is 7.73. The van der Waals surface area contributed by atoms with E-state index < -0.39 is 0 Å². The minimum Gasteiger partial charge on any atom is -0.162 e. The van der Waals surface area contributed by atoms with E-state index in [1.807, 2.05) is 21.4 Å². The van der Waals surface area contributed by atoms with Crippen LogP contribution in [0.3, 0.4) is 0 Å². The standard InChI is InChI=1S/CH12B8S2/c1-10-11-9-8-7-6-5-4-3-2/h3-9H,2H2,1H3. The van der Waals surface area contributed by atoms with E-state index in [9.17, 15) is 0 Å². The van der Waals surface area contributed by atoms with Crippen LogP contribution in [0.15, 0.2) is 0 Å². The van der Waals surface area contributed by atoms with Gasteiger partial charge >= 0.3 is 0 Å². The molecule has 0 radical (unpaired) electrons. The van der Waals surface area contributed by atoms with Crippen LogP contribution in [0.4, 0.5) is 0 Å². The Morgan fingerprint density at radius 1 is 1.00 bits per heavy atom. The van der Waals surface area contributed by atoms with Crippen molar-refractivity contribution in [2.24, 2.45) is 0 Å². The van der Waals surface area contributed by atoms with E-state index in [0.717, 1.165) is 0 Å². The van der Waals surface area contributed by atoms with E-state index in [4.69, 9.17) is 0 Å². The molecule has 52 valence electrons. The van der Waals surface area contributed by atoms with Gasteiger partial charge in [0.1, 0.15) is 0 Å². The third kappa shape index (κ3) is 11.2. The van der Waals surface area contributed by atoms with E-state index in [2.05, 4.69) is 14.0 Å². The molecule has 0 spiro atoms. The van der Waals surface area contributed by atoms with Crippen LogP contribution < -0.4 is 0 Å². The molecule has 0 saturated carbocycles. The summed E-state index contributed by atoms with van der Waals surface area (Å²) in [5, 5.41) is 0. The van der Waals surface area contributed by atoms with Gasteiger partial charge in [-0.2, -0.15) is 10.6 Å². The molecule has 0 amide bonds. The van der Waals surface area contributed by atoms with Crippen molar-refractivity contribution in [2.75, 3.05) is 6.26 Å². The molecule has 0 aromatic rings. The summed E-state index contributed by atoms with van der Waals surface area (Å²) in [6, 6.07) is 0. The molecule has 0 unspecified atom stereocenters. The fourth-order valence-corrected chi connectivity index (χ4v) is 2.37. The Hall–Kier alpha value is 1.22. The van der Waals surface area contributed by atoms with Crippen LogP contribution in [0.25, 0.3) is 0 Å². The number of hydrogen-bond donors (Lipinski definition) is 0. The zero-order valence-corrected chi connectivity index (χ0v) is 9.40. The second kappa shape index (κ2) is 11.2. The molecule has 0 aromatic heterocycles. The largest absolute Gasteiger partial charge is 0.162 e. The summed E-state index contributed by atoms with van der Waals surface area (Å²) in [5.41, 5.74) is 0. The molecular weight excluding hydrogens is 163 g/mol. The molecule has 0 N–H and O–H groups in total. The molecule has 0 nitrogen and oxygen atoms in total. The van der Waals surface area contributed by atoms with Gasteiger partial charge in [-0.1, -0.05) is 0 Å². The van der Waals surface area contributed by atoms with Gasteiger partial charge in [-0.15, -0.1) is 10.8 Å². The van der Waals surface area contributed by atoms with Crippen molar-refractivity contribution in [3.05, 3.63) is 0 Å². The summed E-state index contributed by atoms with van der Waals surface area (Å²) in [6.45, 7) is 0. The Bertz CT molecular complexity index is 61.1. The second-order valence-electron chi connectivity index (χ2n) is 2.76. The molecule has 11 heavy (non-hydrogen) atoms. The minimum absolute atomic E-state index is 1.34. The molecular formula is CH12B8S2. The van der Waals surface area contributed by atoms with E-state index in [1.54, 1.807) is 0 Å². The zero-order valence-electron chi connectivity index (χ0n) is 7.77. The average molecular weight is 175 g/mol. The molecule has 0 atom stereocenters. The quantitative estimate of drug-likeness (QED) is 0.209. The van der Waals surface area contributed by atoms with Gasteiger partial charge in [-0.25, -0.2) is 0 Å². The van der Waals surface area contributed by atoms with Crippen molar-refractivity contribution in [1.29, 1.82) is 0 Å². The van der Waals surface area contributed by atoms with Crippen LogP contribution in [-0.4, -0.2) is 62.8 Å². The van der Waals surface area contributed by atoms with Crippen molar-refractivity contribution in [3.8, 4) is 0 Å². The molecule has 0 aliphatic heterocycles. The summed E-state index contributed by atoms with van der Waals surface area (Å²) in [4.78, 5) is 0. The smallest absolute Gasteiger partial charge is 0.161 e. The summed E-state index contributed by atoms with van der Waals surface area (Å²) in [6.07, 6.45) is 3.50. The number of hydrogen-bond acceptors (Lipinski definition) is 2. The van der Waals surface area contributed by atoms with Crippen molar-refractivity contribution in [1.82, 2.24) is 0 Å². The summed E-state index contributed by atoms with van der Waals surface area (Å²) >= 11 is 0. The Morgan fingerprint density at radius 2 is 1.64 bits per heavy atom. The van der Waals surface area contributed by atoms with Crippen molar-refractivity contribution < 1.29 is 0 Å². The van der Waals surface area contributed by atoms with Gasteiger partial charge in [0.05, 0.1) is 14.8 Å². The maximum atomic E-state index is 2.27. The van der Waals surface area contributed by atoms with Gasteiger partial charge in [0.25, 0.3) is 0 Å². The first-order valence-corrected chi connectivity index (χ1v) is 7.30. The zero-order chi connectivity index (χ0) is 8.36. The predicted molar refractivity (Wildman–Crippen MR) is 79.7 cm³/mol. The van der Waals surface area contributed by atoms with Crippen LogP contribution in [0.2, 0.25) is 0 Å². The third-order valence-electron chi connectivity index (χ3n) is 1.70. The highest BCUT2D eigenvalue weighted by Gasteiger charge is 1.98. The topological polar surface area (TPSA) is 0 Å². The van der Waals surface area contributed by atoms with E-state index in [1.165, 1.54) is 48.8 Å². The molecule has 0 bridgehead atoms. The third-order valence-corrected chi connectivity index (χ3v) is 3.60. The highest BCUT2D eigenvalue weighted by Crippen LogP contribution is 2.12. The van der Waals surface area contributed by atoms with Crippen LogP contribution in [-0.2, 0) is 0 Å². The Balaban J connectivity index is 2.69. The predicted octanol–water partition coefficient (Wildman–Crippen LogP) is -3.99. The highest BCUT2D eigenvalue weighted by atomic mass is 33.1. The molecule has 10 heteroatoms. The molecule has 0 heterocycles.